The molecule has 0 aliphatic heterocycles. The summed E-state index contributed by atoms with van der Waals surface area (Å²) in [5, 5.41) is 0.983. The van der Waals surface area contributed by atoms with E-state index in [2.05, 4.69) is 0 Å². The van der Waals surface area contributed by atoms with Crippen molar-refractivity contribution in [2.24, 2.45) is 0 Å². The molecule has 0 spiro atoms. The second-order valence-electron chi connectivity index (χ2n) is 4.24. The van der Waals surface area contributed by atoms with Gasteiger partial charge in [0.05, 0.1) is 5.39 Å². The number of nitrogen functional groups attached to an aromatic ring is 1. The Morgan fingerprint density at radius 1 is 1.05 bits per heavy atom. The minimum absolute atomic E-state index is 0.124. The minimum atomic E-state index is -0.124. The quantitative estimate of drug-likeness (QED) is 0.687. The number of hydrogen-bond acceptors (Lipinski definition) is 3. The van der Waals surface area contributed by atoms with Crippen LogP contribution in [0.15, 0.2) is 57.7 Å². The lowest BCUT2D eigenvalue weighted by Crippen LogP contribution is -2.00. The van der Waals surface area contributed by atoms with Crippen LogP contribution in [0.5, 0.6) is 0 Å². The van der Waals surface area contributed by atoms with Gasteiger partial charge in [-0.3, -0.25) is 4.79 Å². The van der Waals surface area contributed by atoms with Crippen LogP contribution in [0.2, 0.25) is 5.02 Å². The van der Waals surface area contributed by atoms with E-state index in [-0.39, 0.29) is 5.43 Å². The van der Waals surface area contributed by atoms with E-state index in [9.17, 15) is 4.79 Å². The molecule has 0 radical (unpaired) electrons. The number of anilines is 1. The molecule has 1 heterocycles. The van der Waals surface area contributed by atoms with Crippen molar-refractivity contribution in [1.29, 1.82) is 0 Å². The third kappa shape index (κ3) is 2.20. The number of rotatable bonds is 1. The highest BCUT2D eigenvalue weighted by Gasteiger charge is 2.07. The van der Waals surface area contributed by atoms with Gasteiger partial charge in [-0.25, -0.2) is 0 Å². The molecule has 0 atom stereocenters. The van der Waals surface area contributed by atoms with Gasteiger partial charge in [-0.1, -0.05) is 23.7 Å². The molecule has 0 bridgehead atoms. The molecule has 0 aliphatic rings. The van der Waals surface area contributed by atoms with E-state index in [1.807, 2.05) is 12.1 Å². The standard InChI is InChI=1S/C15H10ClNO2/c16-10-4-5-14-12(7-10)13(18)8-15(19-14)9-2-1-3-11(17)6-9/h1-8H,17H2. The Kier molecular flexibility index (Phi) is 2.76. The number of fused-ring (bicyclic) bond motifs is 1. The predicted octanol–water partition coefficient (Wildman–Crippen LogP) is 3.70. The summed E-state index contributed by atoms with van der Waals surface area (Å²) >= 11 is 5.87. The molecule has 3 aromatic rings. The highest BCUT2D eigenvalue weighted by Crippen LogP contribution is 2.24. The molecule has 1 aromatic heterocycles. The third-order valence-electron chi connectivity index (χ3n) is 2.86. The average Bonchev–Trinajstić information content (AvgIpc) is 2.39. The van der Waals surface area contributed by atoms with Gasteiger partial charge in [-0.2, -0.15) is 0 Å². The maximum Gasteiger partial charge on any atom is 0.193 e. The van der Waals surface area contributed by atoms with Crippen LogP contribution in [0.4, 0.5) is 5.69 Å². The van der Waals surface area contributed by atoms with Crippen molar-refractivity contribution in [1.82, 2.24) is 0 Å². The molecule has 2 N–H and O–H groups in total. The molecule has 0 aliphatic carbocycles. The molecule has 0 saturated carbocycles. The Bertz CT molecular complexity index is 824. The van der Waals surface area contributed by atoms with E-state index < -0.39 is 0 Å². The maximum absolute atomic E-state index is 12.1. The zero-order valence-electron chi connectivity index (χ0n) is 9.89. The van der Waals surface area contributed by atoms with Gasteiger partial charge in [-0.05, 0) is 30.3 Å². The fraction of sp³-hybridized carbons (Fsp3) is 0. The first-order valence-corrected chi connectivity index (χ1v) is 6.10. The monoisotopic (exact) mass is 271 g/mol. The zero-order chi connectivity index (χ0) is 13.4. The number of nitrogens with two attached hydrogens (primary N) is 1. The Labute approximate surface area is 114 Å². The van der Waals surface area contributed by atoms with E-state index in [4.69, 9.17) is 21.8 Å². The van der Waals surface area contributed by atoms with Gasteiger partial charge in [0.1, 0.15) is 11.3 Å². The SMILES string of the molecule is Nc1cccc(-c2cc(=O)c3cc(Cl)ccc3o2)c1. The molecular formula is C15H10ClNO2. The highest BCUT2D eigenvalue weighted by molar-refractivity contribution is 6.31. The van der Waals surface area contributed by atoms with Gasteiger partial charge < -0.3 is 10.2 Å². The molecule has 0 fully saturated rings. The minimum Gasteiger partial charge on any atom is -0.456 e. The zero-order valence-corrected chi connectivity index (χ0v) is 10.6. The number of benzene rings is 2. The third-order valence-corrected chi connectivity index (χ3v) is 3.10. The fourth-order valence-corrected chi connectivity index (χ4v) is 2.13. The van der Waals surface area contributed by atoms with Crippen molar-refractivity contribution >= 4 is 28.3 Å². The first-order valence-electron chi connectivity index (χ1n) is 5.73. The van der Waals surface area contributed by atoms with Gasteiger partial charge in [0.15, 0.2) is 5.43 Å². The van der Waals surface area contributed by atoms with Crippen LogP contribution >= 0.6 is 11.6 Å². The molecule has 3 rings (SSSR count). The summed E-state index contributed by atoms with van der Waals surface area (Å²) in [6.07, 6.45) is 0. The Balaban J connectivity index is 2.27. The van der Waals surface area contributed by atoms with Crippen LogP contribution in [0.1, 0.15) is 0 Å². The molecule has 0 saturated heterocycles. The number of halogens is 1. The average molecular weight is 272 g/mol. The van der Waals surface area contributed by atoms with Crippen LogP contribution in [0, 0.1) is 0 Å². The topological polar surface area (TPSA) is 56.2 Å². The van der Waals surface area contributed by atoms with Gasteiger partial charge in [-0.15, -0.1) is 0 Å². The summed E-state index contributed by atoms with van der Waals surface area (Å²) in [6, 6.07) is 13.6. The molecule has 2 aromatic carbocycles. The Morgan fingerprint density at radius 3 is 2.68 bits per heavy atom. The van der Waals surface area contributed by atoms with E-state index in [1.165, 1.54) is 6.07 Å². The van der Waals surface area contributed by atoms with Crippen molar-refractivity contribution in [2.45, 2.75) is 0 Å². The summed E-state index contributed by atoms with van der Waals surface area (Å²) < 4.78 is 5.72. The molecule has 0 unspecified atom stereocenters. The first kappa shape index (κ1) is 11.8. The van der Waals surface area contributed by atoms with E-state index in [1.54, 1.807) is 30.3 Å². The van der Waals surface area contributed by atoms with Crippen LogP contribution < -0.4 is 11.2 Å². The summed E-state index contributed by atoms with van der Waals surface area (Å²) in [7, 11) is 0. The second kappa shape index (κ2) is 4.44. The molecule has 4 heteroatoms. The van der Waals surface area contributed by atoms with Gasteiger partial charge >= 0.3 is 0 Å². The van der Waals surface area contributed by atoms with Gasteiger partial charge in [0.2, 0.25) is 0 Å². The van der Waals surface area contributed by atoms with Crippen molar-refractivity contribution in [2.75, 3.05) is 5.73 Å². The lowest BCUT2D eigenvalue weighted by atomic mass is 10.1. The predicted molar refractivity (Wildman–Crippen MR) is 77.3 cm³/mol. The molecule has 94 valence electrons. The summed E-state index contributed by atoms with van der Waals surface area (Å²) in [6.45, 7) is 0. The lowest BCUT2D eigenvalue weighted by molar-refractivity contribution is 0.619. The summed E-state index contributed by atoms with van der Waals surface area (Å²) in [4.78, 5) is 12.1. The van der Waals surface area contributed by atoms with E-state index in [0.717, 1.165) is 5.56 Å². The molecular weight excluding hydrogens is 262 g/mol. The van der Waals surface area contributed by atoms with Crippen molar-refractivity contribution in [3.05, 3.63) is 63.8 Å². The van der Waals surface area contributed by atoms with Crippen LogP contribution in [0.3, 0.4) is 0 Å². The summed E-state index contributed by atoms with van der Waals surface area (Å²) in [5.41, 5.74) is 7.51. The number of hydrogen-bond donors (Lipinski definition) is 1. The molecule has 19 heavy (non-hydrogen) atoms. The second-order valence-corrected chi connectivity index (χ2v) is 4.68. The van der Waals surface area contributed by atoms with Crippen molar-refractivity contribution < 1.29 is 4.42 Å². The van der Waals surface area contributed by atoms with Crippen LogP contribution in [-0.2, 0) is 0 Å². The Morgan fingerprint density at radius 2 is 1.89 bits per heavy atom. The Hall–Kier alpha value is -2.26. The van der Waals surface area contributed by atoms with Crippen LogP contribution in [-0.4, -0.2) is 0 Å². The van der Waals surface area contributed by atoms with Gasteiger partial charge in [0.25, 0.3) is 0 Å². The van der Waals surface area contributed by atoms with Crippen LogP contribution in [0.25, 0.3) is 22.3 Å². The maximum atomic E-state index is 12.1. The first-order chi connectivity index (χ1) is 9.13. The van der Waals surface area contributed by atoms with Crippen molar-refractivity contribution in [3.8, 4) is 11.3 Å². The summed E-state index contributed by atoms with van der Waals surface area (Å²) in [5.74, 6) is 0.493. The van der Waals surface area contributed by atoms with E-state index >= 15 is 0 Å². The van der Waals surface area contributed by atoms with Crippen molar-refractivity contribution in [3.63, 3.8) is 0 Å². The smallest absolute Gasteiger partial charge is 0.193 e. The largest absolute Gasteiger partial charge is 0.456 e. The van der Waals surface area contributed by atoms with E-state index in [0.29, 0.717) is 27.4 Å². The van der Waals surface area contributed by atoms with Gasteiger partial charge in [0, 0.05) is 22.3 Å². The highest BCUT2D eigenvalue weighted by atomic mass is 35.5. The molecule has 0 amide bonds. The molecule has 3 nitrogen and oxygen atoms in total. The fourth-order valence-electron chi connectivity index (χ4n) is 1.96. The normalized spacial score (nSPS) is 10.8. The lowest BCUT2D eigenvalue weighted by Gasteiger charge is -2.04.